The van der Waals surface area contributed by atoms with Crippen LogP contribution in [0.2, 0.25) is 10.0 Å². The van der Waals surface area contributed by atoms with E-state index in [-0.39, 0.29) is 29.9 Å². The van der Waals surface area contributed by atoms with E-state index in [0.717, 1.165) is 6.54 Å². The molecular weight excluding hydrogens is 353 g/mol. The number of nitrogens with one attached hydrogen (secondary N) is 1. The summed E-state index contributed by atoms with van der Waals surface area (Å²) in [4.78, 5) is 27.5. The van der Waals surface area contributed by atoms with E-state index in [2.05, 4.69) is 5.32 Å². The summed E-state index contributed by atoms with van der Waals surface area (Å²) in [5, 5.41) is 13.8. The number of carbonyl (C=O) groups excluding carboxylic acids is 2. The molecule has 0 saturated carbocycles. The van der Waals surface area contributed by atoms with Crippen molar-refractivity contribution in [1.29, 1.82) is 0 Å². The summed E-state index contributed by atoms with van der Waals surface area (Å²) in [7, 11) is 0. The predicted octanol–water partition coefficient (Wildman–Crippen LogP) is 1.45. The molecule has 0 aromatic heterocycles. The average molecular weight is 372 g/mol. The van der Waals surface area contributed by atoms with Crippen LogP contribution in [0.1, 0.15) is 17.9 Å². The Hall–Kier alpha value is -1.50. The molecule has 1 aromatic carbocycles. The van der Waals surface area contributed by atoms with Gasteiger partial charge < -0.3 is 20.2 Å². The third-order valence-corrected chi connectivity index (χ3v) is 5.38. The van der Waals surface area contributed by atoms with Gasteiger partial charge in [0, 0.05) is 50.6 Å². The van der Waals surface area contributed by atoms with Crippen molar-refractivity contribution in [2.24, 2.45) is 0 Å². The Morgan fingerprint density at radius 1 is 1.17 bits per heavy atom. The summed E-state index contributed by atoms with van der Waals surface area (Å²) in [5.41, 5.74) is 0.526. The molecular formula is C16H19Cl2N3O3. The number of carbonyl (C=O) groups is 2. The van der Waals surface area contributed by atoms with E-state index in [1.165, 1.54) is 12.1 Å². The number of hydrogen-bond acceptors (Lipinski definition) is 4. The highest BCUT2D eigenvalue weighted by atomic mass is 35.5. The normalized spacial score (nSPS) is 21.7. The van der Waals surface area contributed by atoms with Gasteiger partial charge in [-0.15, -0.1) is 0 Å². The van der Waals surface area contributed by atoms with E-state index in [0.29, 0.717) is 48.3 Å². The van der Waals surface area contributed by atoms with Gasteiger partial charge in [0.05, 0.1) is 16.6 Å². The highest BCUT2D eigenvalue weighted by Crippen LogP contribution is 2.41. The molecule has 2 heterocycles. The van der Waals surface area contributed by atoms with Crippen molar-refractivity contribution in [2.75, 3.05) is 39.3 Å². The highest BCUT2D eigenvalue weighted by Gasteiger charge is 2.34. The van der Waals surface area contributed by atoms with Crippen molar-refractivity contribution in [3.63, 3.8) is 0 Å². The van der Waals surface area contributed by atoms with Crippen molar-refractivity contribution < 1.29 is 14.7 Å². The lowest BCUT2D eigenvalue weighted by molar-refractivity contribution is -0.134. The number of nitrogens with zero attached hydrogens (tertiary/aromatic N) is 2. The molecule has 2 saturated heterocycles. The largest absolute Gasteiger partial charge is 0.508 e. The van der Waals surface area contributed by atoms with Crippen LogP contribution in [-0.4, -0.2) is 66.0 Å². The Balaban J connectivity index is 1.66. The van der Waals surface area contributed by atoms with E-state index >= 15 is 0 Å². The molecule has 0 spiro atoms. The molecule has 2 aliphatic heterocycles. The van der Waals surface area contributed by atoms with E-state index in [9.17, 15) is 14.7 Å². The third-order valence-electron chi connectivity index (χ3n) is 4.56. The SMILES string of the molecule is O=C1CNCCN1CCN1C[C@H](c2c(O)ccc(Cl)c2Cl)CC1=O. The lowest BCUT2D eigenvalue weighted by atomic mass is 9.97. The maximum absolute atomic E-state index is 12.3. The Morgan fingerprint density at radius 3 is 2.67 bits per heavy atom. The molecule has 0 aliphatic carbocycles. The second-order valence-corrected chi connectivity index (χ2v) is 6.88. The van der Waals surface area contributed by atoms with Crippen LogP contribution in [0.3, 0.4) is 0 Å². The van der Waals surface area contributed by atoms with Crippen LogP contribution in [0.15, 0.2) is 12.1 Å². The number of likely N-dealkylation sites (tertiary alicyclic amines) is 1. The van der Waals surface area contributed by atoms with Gasteiger partial charge in [0.25, 0.3) is 0 Å². The molecule has 3 rings (SSSR count). The standard InChI is InChI=1S/C16H19Cl2N3O3/c17-11-1-2-12(22)15(16(11)18)10-7-13(23)21(9-10)6-5-20-4-3-19-8-14(20)24/h1-2,10,19,22H,3-9H2/t10-/m1/s1. The van der Waals surface area contributed by atoms with Crippen molar-refractivity contribution >= 4 is 35.0 Å². The Kier molecular flexibility index (Phi) is 5.18. The summed E-state index contributed by atoms with van der Waals surface area (Å²) >= 11 is 12.2. The number of halogens is 2. The van der Waals surface area contributed by atoms with Crippen LogP contribution in [0.25, 0.3) is 0 Å². The van der Waals surface area contributed by atoms with Crippen LogP contribution < -0.4 is 5.32 Å². The highest BCUT2D eigenvalue weighted by molar-refractivity contribution is 6.42. The molecule has 0 radical (unpaired) electrons. The van der Waals surface area contributed by atoms with Gasteiger partial charge >= 0.3 is 0 Å². The number of phenolic OH excluding ortho intramolecular Hbond substituents is 1. The first-order valence-corrected chi connectivity index (χ1v) is 8.66. The molecule has 8 heteroatoms. The van der Waals surface area contributed by atoms with Gasteiger partial charge in [-0.25, -0.2) is 0 Å². The number of piperazine rings is 1. The molecule has 24 heavy (non-hydrogen) atoms. The van der Waals surface area contributed by atoms with Gasteiger partial charge in [-0.05, 0) is 12.1 Å². The zero-order chi connectivity index (χ0) is 17.3. The van der Waals surface area contributed by atoms with Crippen LogP contribution in [0.5, 0.6) is 5.75 Å². The summed E-state index contributed by atoms with van der Waals surface area (Å²) < 4.78 is 0. The minimum absolute atomic E-state index is 0.00183. The molecule has 2 N–H and O–H groups in total. The lowest BCUT2D eigenvalue weighted by Gasteiger charge is -2.29. The van der Waals surface area contributed by atoms with Crippen molar-refractivity contribution in [2.45, 2.75) is 12.3 Å². The van der Waals surface area contributed by atoms with Gasteiger partial charge in [-0.1, -0.05) is 23.2 Å². The molecule has 6 nitrogen and oxygen atoms in total. The molecule has 2 aliphatic rings. The Morgan fingerprint density at radius 2 is 1.92 bits per heavy atom. The van der Waals surface area contributed by atoms with Crippen molar-refractivity contribution in [3.8, 4) is 5.75 Å². The number of hydrogen-bond donors (Lipinski definition) is 2. The number of rotatable bonds is 4. The molecule has 130 valence electrons. The summed E-state index contributed by atoms with van der Waals surface area (Å²) in [5.74, 6) is -0.0817. The summed E-state index contributed by atoms with van der Waals surface area (Å²) in [6.07, 6.45) is 0.281. The average Bonchev–Trinajstić information content (AvgIpc) is 2.91. The number of phenols is 1. The zero-order valence-corrected chi connectivity index (χ0v) is 14.6. The van der Waals surface area contributed by atoms with Gasteiger partial charge in [0.2, 0.25) is 11.8 Å². The Labute approximate surface area is 150 Å². The minimum Gasteiger partial charge on any atom is -0.508 e. The fraction of sp³-hybridized carbons (Fsp3) is 0.500. The molecule has 1 aromatic rings. The molecule has 1 atom stereocenters. The van der Waals surface area contributed by atoms with Gasteiger partial charge in [-0.2, -0.15) is 0 Å². The number of amides is 2. The topological polar surface area (TPSA) is 72.9 Å². The monoisotopic (exact) mass is 371 g/mol. The van der Waals surface area contributed by atoms with Crippen molar-refractivity contribution in [3.05, 3.63) is 27.7 Å². The van der Waals surface area contributed by atoms with E-state index in [4.69, 9.17) is 23.2 Å². The zero-order valence-electron chi connectivity index (χ0n) is 13.1. The van der Waals surface area contributed by atoms with Gasteiger partial charge in [-0.3, -0.25) is 9.59 Å². The van der Waals surface area contributed by atoms with Crippen LogP contribution in [0, 0.1) is 0 Å². The quantitative estimate of drug-likeness (QED) is 0.839. The van der Waals surface area contributed by atoms with E-state index in [1.807, 2.05) is 0 Å². The number of aromatic hydroxyl groups is 1. The minimum atomic E-state index is -0.192. The van der Waals surface area contributed by atoms with E-state index in [1.54, 1.807) is 9.80 Å². The summed E-state index contributed by atoms with van der Waals surface area (Å²) in [6.45, 7) is 3.25. The molecule has 0 unspecified atom stereocenters. The van der Waals surface area contributed by atoms with Crippen molar-refractivity contribution in [1.82, 2.24) is 15.1 Å². The molecule has 0 bridgehead atoms. The molecule has 2 amide bonds. The fourth-order valence-electron chi connectivity index (χ4n) is 3.25. The predicted molar refractivity (Wildman–Crippen MR) is 91.5 cm³/mol. The van der Waals surface area contributed by atoms with Crippen LogP contribution in [0.4, 0.5) is 0 Å². The lowest BCUT2D eigenvalue weighted by Crippen LogP contribution is -2.50. The number of benzene rings is 1. The maximum atomic E-state index is 12.3. The first-order chi connectivity index (χ1) is 11.5. The molecule has 2 fully saturated rings. The first kappa shape index (κ1) is 17.3. The Bertz CT molecular complexity index is 668. The van der Waals surface area contributed by atoms with Gasteiger partial charge in [0.1, 0.15) is 5.75 Å². The second-order valence-electron chi connectivity index (χ2n) is 6.09. The fourth-order valence-corrected chi connectivity index (χ4v) is 3.73. The van der Waals surface area contributed by atoms with Gasteiger partial charge in [0.15, 0.2) is 0 Å². The summed E-state index contributed by atoms with van der Waals surface area (Å²) in [6, 6.07) is 3.03. The third kappa shape index (κ3) is 3.45. The second kappa shape index (κ2) is 7.17. The maximum Gasteiger partial charge on any atom is 0.236 e. The smallest absolute Gasteiger partial charge is 0.236 e. The van der Waals surface area contributed by atoms with Crippen LogP contribution >= 0.6 is 23.2 Å². The first-order valence-electron chi connectivity index (χ1n) is 7.90. The van der Waals surface area contributed by atoms with E-state index < -0.39 is 0 Å². The van der Waals surface area contributed by atoms with Crippen LogP contribution in [-0.2, 0) is 9.59 Å².